The number of unbranched alkanes of at least 4 members (excludes halogenated alkanes) is 1. The molecule has 1 unspecified atom stereocenters. The molecule has 0 amide bonds. The zero-order valence-electron chi connectivity index (χ0n) is 22.4. The van der Waals surface area contributed by atoms with Crippen LogP contribution in [-0.2, 0) is 14.3 Å². The van der Waals surface area contributed by atoms with Gasteiger partial charge in [-0.05, 0) is 61.5 Å². The molecule has 1 atom stereocenters. The second-order valence-corrected chi connectivity index (χ2v) is 10.4. The highest BCUT2D eigenvalue weighted by atomic mass is 35.5. The van der Waals surface area contributed by atoms with Gasteiger partial charge in [-0.3, -0.25) is 19.1 Å². The number of hydrogen-bond acceptors (Lipinski definition) is 7. The first kappa shape index (κ1) is 29.7. The number of nitrogens with zero attached hydrogens (tertiary/aromatic N) is 3. The van der Waals surface area contributed by atoms with Gasteiger partial charge in [0.2, 0.25) is 0 Å². The number of benzene rings is 2. The molecule has 0 radical (unpaired) electrons. The molecule has 2 aromatic carbocycles. The van der Waals surface area contributed by atoms with Gasteiger partial charge in [0.25, 0.3) is 11.8 Å². The fourth-order valence-electron chi connectivity index (χ4n) is 4.74. The fraction of sp³-hybridized carbons (Fsp3) is 0.414. The van der Waals surface area contributed by atoms with Gasteiger partial charge in [-0.15, -0.1) is 0 Å². The van der Waals surface area contributed by atoms with Crippen LogP contribution in [0.15, 0.2) is 53.3 Å². The van der Waals surface area contributed by atoms with Gasteiger partial charge < -0.3 is 19.5 Å². The third kappa shape index (κ3) is 7.27. The second-order valence-electron chi connectivity index (χ2n) is 9.65. The molecular formula is C29H33Cl2N3O6. The van der Waals surface area contributed by atoms with E-state index < -0.39 is 23.7 Å². The third-order valence-electron chi connectivity index (χ3n) is 6.83. The summed E-state index contributed by atoms with van der Waals surface area (Å²) in [5.74, 6) is -1.61. The van der Waals surface area contributed by atoms with Gasteiger partial charge in [0, 0.05) is 44.7 Å². The first-order valence-electron chi connectivity index (χ1n) is 13.4. The molecule has 1 aromatic heterocycles. The van der Waals surface area contributed by atoms with Crippen molar-refractivity contribution >= 4 is 51.7 Å². The predicted molar refractivity (Wildman–Crippen MR) is 156 cm³/mol. The number of carbonyl (C=O) groups excluding carboxylic acids is 1. The zero-order chi connectivity index (χ0) is 28.6. The molecule has 1 aliphatic rings. The van der Waals surface area contributed by atoms with Gasteiger partial charge in [0.1, 0.15) is 5.75 Å². The number of carboxylic acids is 1. The first-order valence-corrected chi connectivity index (χ1v) is 14.2. The summed E-state index contributed by atoms with van der Waals surface area (Å²) in [7, 11) is 0. The van der Waals surface area contributed by atoms with E-state index in [1.54, 1.807) is 37.3 Å². The monoisotopic (exact) mass is 589 g/mol. The second kappa shape index (κ2) is 13.9. The Morgan fingerprint density at radius 3 is 2.50 bits per heavy atom. The minimum atomic E-state index is -1.76. The van der Waals surface area contributed by atoms with E-state index in [9.17, 15) is 19.5 Å². The smallest absolute Gasteiger partial charge is 0.367 e. The van der Waals surface area contributed by atoms with Crippen molar-refractivity contribution in [2.75, 3.05) is 44.2 Å². The van der Waals surface area contributed by atoms with E-state index in [1.807, 2.05) is 12.1 Å². The normalized spacial score (nSPS) is 14.7. The standard InChI is InChI=1S/C29H33Cl2N3O6/c1-2-6-26(36)40-28(29(37)38)34-24-19-21(11-9-20(24)10-12-25(34)35)39-18-4-3-13-32-14-16-33(17-15-32)23-8-5-7-22(30)27(23)31/h5,7-12,19,28H,2-4,6,13-18H2,1H3,(H,37,38). The molecule has 214 valence electrons. The molecule has 1 aliphatic heterocycles. The molecule has 3 aromatic rings. The number of hydrogen-bond donors (Lipinski definition) is 1. The van der Waals surface area contributed by atoms with Crippen molar-refractivity contribution in [3.8, 4) is 5.75 Å². The maximum absolute atomic E-state index is 12.7. The van der Waals surface area contributed by atoms with Gasteiger partial charge in [-0.25, -0.2) is 4.79 Å². The third-order valence-corrected chi connectivity index (χ3v) is 7.64. The molecule has 0 aliphatic carbocycles. The number of pyridine rings is 1. The molecule has 1 saturated heterocycles. The highest BCUT2D eigenvalue weighted by Gasteiger charge is 2.27. The predicted octanol–water partition coefficient (Wildman–Crippen LogP) is 5.22. The van der Waals surface area contributed by atoms with E-state index in [0.29, 0.717) is 39.7 Å². The number of fused-ring (bicyclic) bond motifs is 1. The van der Waals surface area contributed by atoms with Crippen molar-refractivity contribution in [2.24, 2.45) is 0 Å². The number of aromatic nitrogens is 1. The Morgan fingerprint density at radius 2 is 1.77 bits per heavy atom. The fourth-order valence-corrected chi connectivity index (χ4v) is 5.16. The average Bonchev–Trinajstić information content (AvgIpc) is 2.94. The minimum Gasteiger partial charge on any atom is -0.494 e. The van der Waals surface area contributed by atoms with E-state index in [4.69, 9.17) is 32.7 Å². The molecule has 1 N–H and O–H groups in total. The van der Waals surface area contributed by atoms with Gasteiger partial charge >= 0.3 is 11.9 Å². The lowest BCUT2D eigenvalue weighted by Crippen LogP contribution is -2.46. The van der Waals surface area contributed by atoms with Crippen molar-refractivity contribution in [1.29, 1.82) is 0 Å². The Bertz CT molecular complexity index is 1400. The van der Waals surface area contributed by atoms with Crippen molar-refractivity contribution in [3.05, 3.63) is 68.9 Å². The molecule has 11 heteroatoms. The van der Waals surface area contributed by atoms with Crippen LogP contribution < -0.4 is 15.2 Å². The highest BCUT2D eigenvalue weighted by Crippen LogP contribution is 2.33. The van der Waals surface area contributed by atoms with Crippen LogP contribution in [0.25, 0.3) is 10.9 Å². The summed E-state index contributed by atoms with van der Waals surface area (Å²) in [4.78, 5) is 41.3. The first-order chi connectivity index (χ1) is 19.3. The summed E-state index contributed by atoms with van der Waals surface area (Å²) in [5, 5.41) is 11.5. The van der Waals surface area contributed by atoms with Crippen LogP contribution in [0.4, 0.5) is 5.69 Å². The maximum Gasteiger partial charge on any atom is 0.367 e. The number of rotatable bonds is 12. The van der Waals surface area contributed by atoms with Crippen molar-refractivity contribution in [2.45, 2.75) is 38.8 Å². The number of anilines is 1. The SMILES string of the molecule is CCCC(=O)OC(C(=O)O)n1c(=O)ccc2ccc(OCCCCN3CCN(c4cccc(Cl)c4Cl)CC3)cc21. The number of piperazine rings is 1. The number of carboxylic acid groups (broad SMARTS) is 1. The number of esters is 1. The summed E-state index contributed by atoms with van der Waals surface area (Å²) in [6, 6.07) is 13.7. The summed E-state index contributed by atoms with van der Waals surface area (Å²) in [6.45, 7) is 6.80. The van der Waals surface area contributed by atoms with Crippen molar-refractivity contribution in [3.63, 3.8) is 0 Å². The van der Waals surface area contributed by atoms with Crippen LogP contribution in [0.1, 0.15) is 38.8 Å². The lowest BCUT2D eigenvalue weighted by Gasteiger charge is -2.36. The summed E-state index contributed by atoms with van der Waals surface area (Å²) in [5.41, 5.74) is 0.704. The average molecular weight is 591 g/mol. The van der Waals surface area contributed by atoms with E-state index in [1.165, 1.54) is 6.07 Å². The highest BCUT2D eigenvalue weighted by molar-refractivity contribution is 6.43. The molecule has 4 rings (SSSR count). The number of aliphatic carboxylic acids is 1. The van der Waals surface area contributed by atoms with Crippen LogP contribution >= 0.6 is 23.2 Å². The van der Waals surface area contributed by atoms with Crippen LogP contribution in [0.5, 0.6) is 5.75 Å². The molecule has 40 heavy (non-hydrogen) atoms. The number of halogens is 2. The Hall–Kier alpha value is -3.27. The molecule has 0 bridgehead atoms. The minimum absolute atomic E-state index is 0.0591. The van der Waals surface area contributed by atoms with Gasteiger partial charge in [-0.1, -0.05) is 36.2 Å². The Kier molecular flexibility index (Phi) is 10.3. The van der Waals surface area contributed by atoms with Crippen LogP contribution in [0.3, 0.4) is 0 Å². The molecule has 0 spiro atoms. The molecule has 2 heterocycles. The van der Waals surface area contributed by atoms with E-state index in [2.05, 4.69) is 9.80 Å². The van der Waals surface area contributed by atoms with Gasteiger partial charge in [0.05, 0.1) is 27.9 Å². The lowest BCUT2D eigenvalue weighted by molar-refractivity contribution is -0.170. The lowest BCUT2D eigenvalue weighted by atomic mass is 10.2. The molecule has 9 nitrogen and oxygen atoms in total. The zero-order valence-corrected chi connectivity index (χ0v) is 23.9. The van der Waals surface area contributed by atoms with Gasteiger partial charge in [-0.2, -0.15) is 0 Å². The largest absolute Gasteiger partial charge is 0.494 e. The van der Waals surface area contributed by atoms with E-state index in [0.717, 1.165) is 55.8 Å². The van der Waals surface area contributed by atoms with Crippen LogP contribution in [0, 0.1) is 0 Å². The molecular weight excluding hydrogens is 557 g/mol. The summed E-state index contributed by atoms with van der Waals surface area (Å²) < 4.78 is 12.1. The topological polar surface area (TPSA) is 101 Å². The number of ether oxygens (including phenoxy) is 2. The number of carbonyl (C=O) groups is 2. The summed E-state index contributed by atoms with van der Waals surface area (Å²) in [6.07, 6.45) is 0.573. The van der Waals surface area contributed by atoms with E-state index in [-0.39, 0.29) is 6.42 Å². The Morgan fingerprint density at radius 1 is 1.02 bits per heavy atom. The van der Waals surface area contributed by atoms with Gasteiger partial charge in [0.15, 0.2) is 0 Å². The Labute approximate surface area is 242 Å². The maximum atomic E-state index is 12.7. The van der Waals surface area contributed by atoms with Crippen molar-refractivity contribution in [1.82, 2.24) is 9.47 Å². The molecule has 0 saturated carbocycles. The summed E-state index contributed by atoms with van der Waals surface area (Å²) >= 11 is 12.5. The van der Waals surface area contributed by atoms with Crippen LogP contribution in [0.2, 0.25) is 10.0 Å². The quantitative estimate of drug-likeness (QED) is 0.227. The van der Waals surface area contributed by atoms with Crippen LogP contribution in [-0.4, -0.2) is 65.8 Å². The molecule has 1 fully saturated rings. The Balaban J connectivity index is 1.31. The van der Waals surface area contributed by atoms with E-state index >= 15 is 0 Å². The van der Waals surface area contributed by atoms with Crippen molar-refractivity contribution < 1.29 is 24.2 Å².